The quantitative estimate of drug-likeness (QED) is 0.225. The number of aromatic nitrogens is 3. The predicted octanol–water partition coefficient (Wildman–Crippen LogP) is 5.16. The highest BCUT2D eigenvalue weighted by atomic mass is 35.5. The Balaban J connectivity index is 1.02. The van der Waals surface area contributed by atoms with E-state index in [1.54, 1.807) is 27.3 Å². The molecule has 0 radical (unpaired) electrons. The van der Waals surface area contributed by atoms with Gasteiger partial charge in [0.25, 0.3) is 0 Å². The molecule has 52 heavy (non-hydrogen) atoms. The lowest BCUT2D eigenvalue weighted by atomic mass is 9.73. The van der Waals surface area contributed by atoms with Crippen LogP contribution in [-0.2, 0) is 16.1 Å². The average molecular weight is 745 g/mol. The molecule has 3 saturated heterocycles. The Kier molecular flexibility index (Phi) is 9.19. The lowest BCUT2D eigenvalue weighted by molar-refractivity contribution is -0.157. The maximum atomic E-state index is 11.7. The molecule has 4 aliphatic rings. The largest absolute Gasteiger partial charge is 0.491 e. The number of ether oxygens (including phenoxy) is 3. The van der Waals surface area contributed by atoms with Crippen molar-refractivity contribution in [3.05, 3.63) is 70.0 Å². The zero-order chi connectivity index (χ0) is 36.1. The van der Waals surface area contributed by atoms with Crippen molar-refractivity contribution in [2.75, 3.05) is 53.6 Å². The van der Waals surface area contributed by atoms with Gasteiger partial charge >= 0.3 is 0 Å². The van der Waals surface area contributed by atoms with Gasteiger partial charge in [0.05, 0.1) is 53.5 Å². The van der Waals surface area contributed by atoms with Gasteiger partial charge in [-0.1, -0.05) is 59.6 Å². The molecule has 2 aromatic carbocycles. The van der Waals surface area contributed by atoms with E-state index in [0.29, 0.717) is 76.2 Å². The first-order valence-corrected chi connectivity index (χ1v) is 18.1. The van der Waals surface area contributed by atoms with E-state index in [1.807, 2.05) is 47.4 Å². The summed E-state index contributed by atoms with van der Waals surface area (Å²) in [6, 6.07) is 13.3. The fraction of sp³-hybridized carbons (Fsp3) is 0.395. The van der Waals surface area contributed by atoms with Crippen LogP contribution in [-0.4, -0.2) is 96.2 Å². The number of nitrogens with zero attached hydrogens (tertiary/aromatic N) is 5. The van der Waals surface area contributed by atoms with E-state index in [4.69, 9.17) is 52.4 Å². The Morgan fingerprint density at radius 2 is 1.63 bits per heavy atom. The number of carbonyl (C=O) groups is 2. The summed E-state index contributed by atoms with van der Waals surface area (Å²) < 4.78 is 17.6. The molecule has 8 rings (SSSR count). The van der Waals surface area contributed by atoms with Crippen LogP contribution in [0.5, 0.6) is 17.5 Å². The molecular weight excluding hydrogens is 705 g/mol. The molecule has 14 heteroatoms. The molecule has 2 amide bonds. The fourth-order valence-electron chi connectivity index (χ4n) is 7.86. The molecule has 0 bridgehead atoms. The fourth-order valence-corrected chi connectivity index (χ4v) is 8.51. The van der Waals surface area contributed by atoms with Crippen LogP contribution < -0.4 is 24.8 Å². The number of fused-ring (bicyclic) bond motifs is 1. The molecule has 6 heterocycles. The highest BCUT2D eigenvalue weighted by molar-refractivity contribution is 6.39. The summed E-state index contributed by atoms with van der Waals surface area (Å²) in [7, 11) is 3.18. The Bertz CT molecular complexity index is 2070. The van der Waals surface area contributed by atoms with Crippen molar-refractivity contribution in [1.29, 1.82) is 0 Å². The molecular formula is C38H39Cl2N7O5. The molecule has 2 atom stereocenters. The molecule has 12 nitrogen and oxygen atoms in total. The number of likely N-dealkylation sites (tertiary alicyclic amines) is 2. The van der Waals surface area contributed by atoms with Crippen LogP contribution in [0.25, 0.3) is 33.6 Å². The van der Waals surface area contributed by atoms with E-state index in [9.17, 15) is 9.59 Å². The van der Waals surface area contributed by atoms with Gasteiger partial charge in [0.1, 0.15) is 18.1 Å². The van der Waals surface area contributed by atoms with E-state index in [0.717, 1.165) is 55.0 Å². The van der Waals surface area contributed by atoms with Crippen molar-refractivity contribution < 1.29 is 23.8 Å². The van der Waals surface area contributed by atoms with Crippen LogP contribution in [0.1, 0.15) is 37.1 Å². The number of halogens is 2. The predicted molar refractivity (Wildman–Crippen MR) is 197 cm³/mol. The van der Waals surface area contributed by atoms with E-state index in [2.05, 4.69) is 15.5 Å². The van der Waals surface area contributed by atoms with Gasteiger partial charge in [0.15, 0.2) is 0 Å². The van der Waals surface area contributed by atoms with Gasteiger partial charge in [-0.3, -0.25) is 19.5 Å². The van der Waals surface area contributed by atoms with Gasteiger partial charge < -0.3 is 29.7 Å². The first-order valence-electron chi connectivity index (χ1n) is 17.4. The van der Waals surface area contributed by atoms with Crippen LogP contribution >= 0.6 is 23.2 Å². The number of hydrogen-bond donors (Lipinski definition) is 2. The second kappa shape index (κ2) is 13.8. The summed E-state index contributed by atoms with van der Waals surface area (Å²) in [4.78, 5) is 41.9. The minimum atomic E-state index is -0.126. The van der Waals surface area contributed by atoms with Crippen LogP contribution in [0.4, 0.5) is 0 Å². The zero-order valence-corrected chi connectivity index (χ0v) is 30.7. The molecule has 4 aromatic rings. The Labute approximate surface area is 311 Å². The maximum absolute atomic E-state index is 11.7. The van der Waals surface area contributed by atoms with Crippen molar-refractivity contribution in [1.82, 2.24) is 35.4 Å². The smallest absolute Gasteiger partial charge is 0.237 e. The number of nitrogens with one attached hydrogen (secondary N) is 2. The van der Waals surface area contributed by atoms with Crippen LogP contribution in [0, 0.1) is 5.41 Å². The minimum absolute atomic E-state index is 0.0825. The van der Waals surface area contributed by atoms with Crippen molar-refractivity contribution in [3.8, 4) is 51.2 Å². The van der Waals surface area contributed by atoms with Crippen LogP contribution in [0.2, 0.25) is 10.0 Å². The number of amides is 2. The van der Waals surface area contributed by atoms with Crippen molar-refractivity contribution in [3.63, 3.8) is 0 Å². The SMILES string of the molecule is COc1nc(-c2cccc(-c3cccc(-c4cc5c(c(OC)n4)[C@@H](NC[C@@H]4CCC(=O)N4)CO5)c3Cl)c2Cl)cnc1CN1CC2(C1)CN(C(C)=O)C2. The third kappa shape index (κ3) is 6.31. The molecule has 2 aromatic heterocycles. The number of carbonyl (C=O) groups excluding carboxylic acids is 2. The number of hydrogen-bond acceptors (Lipinski definition) is 10. The number of benzene rings is 2. The zero-order valence-electron chi connectivity index (χ0n) is 29.2. The molecule has 4 aliphatic heterocycles. The van der Waals surface area contributed by atoms with Gasteiger partial charge in [-0.15, -0.1) is 0 Å². The first-order chi connectivity index (χ1) is 25.1. The summed E-state index contributed by atoms with van der Waals surface area (Å²) in [6.45, 7) is 6.74. The third-order valence-electron chi connectivity index (χ3n) is 10.5. The molecule has 2 N–H and O–H groups in total. The molecule has 270 valence electrons. The monoisotopic (exact) mass is 743 g/mol. The second-order valence-electron chi connectivity index (χ2n) is 14.1. The molecule has 1 spiro atoms. The van der Waals surface area contributed by atoms with Gasteiger partial charge in [-0.05, 0) is 6.42 Å². The summed E-state index contributed by atoms with van der Waals surface area (Å²) in [6.07, 6.45) is 3.08. The number of pyridine rings is 1. The van der Waals surface area contributed by atoms with Crippen LogP contribution in [0.3, 0.4) is 0 Å². The van der Waals surface area contributed by atoms with Gasteiger partial charge in [-0.25, -0.2) is 9.97 Å². The van der Waals surface area contributed by atoms with Gasteiger partial charge in [0.2, 0.25) is 23.6 Å². The maximum Gasteiger partial charge on any atom is 0.237 e. The van der Waals surface area contributed by atoms with E-state index in [1.165, 1.54) is 0 Å². The summed E-state index contributed by atoms with van der Waals surface area (Å²) >= 11 is 14.3. The molecule has 0 unspecified atom stereocenters. The normalized spacial score (nSPS) is 20.2. The number of rotatable bonds is 10. The Morgan fingerprint density at radius 3 is 2.27 bits per heavy atom. The van der Waals surface area contributed by atoms with E-state index < -0.39 is 0 Å². The minimum Gasteiger partial charge on any atom is -0.491 e. The Morgan fingerprint density at radius 1 is 0.981 bits per heavy atom. The topological polar surface area (TPSA) is 131 Å². The highest BCUT2D eigenvalue weighted by Gasteiger charge is 2.52. The van der Waals surface area contributed by atoms with E-state index >= 15 is 0 Å². The van der Waals surface area contributed by atoms with Crippen LogP contribution in [0.15, 0.2) is 48.7 Å². The van der Waals surface area contributed by atoms with Gasteiger partial charge in [0, 0.05) is 92.4 Å². The van der Waals surface area contributed by atoms with E-state index in [-0.39, 0.29) is 29.3 Å². The number of methoxy groups -OCH3 is 2. The standard InChI is InChI=1S/C38H39Cl2N7O5/c1-21(48)47-19-38(20-47)17-46(18-38)15-29-36(50-2)45-28(14-42-29)26-9-5-7-24(35(26)40)23-6-4-8-25(34(23)39)27-12-31-33(37(44-27)51-3)30(16-52-31)41-13-22-10-11-32(49)43-22/h4-9,12,14,22,30,41H,10-11,13,15-20H2,1-3H3,(H,43,49)/t22-,30-/m0/s1. The van der Waals surface area contributed by atoms with Crippen molar-refractivity contribution in [2.45, 2.75) is 38.4 Å². The average Bonchev–Trinajstić information content (AvgIpc) is 3.73. The second-order valence-corrected chi connectivity index (χ2v) is 14.8. The summed E-state index contributed by atoms with van der Waals surface area (Å²) in [5.74, 6) is 1.78. The molecule has 3 fully saturated rings. The molecule has 0 aliphatic carbocycles. The first kappa shape index (κ1) is 34.6. The Hall–Kier alpha value is -4.49. The lowest BCUT2D eigenvalue weighted by Gasteiger charge is -2.60. The van der Waals surface area contributed by atoms with Gasteiger partial charge in [-0.2, -0.15) is 0 Å². The van der Waals surface area contributed by atoms with Crippen molar-refractivity contribution in [2.24, 2.45) is 5.41 Å². The van der Waals surface area contributed by atoms with Crippen molar-refractivity contribution >= 4 is 35.0 Å². The molecule has 0 saturated carbocycles. The summed E-state index contributed by atoms with van der Waals surface area (Å²) in [5, 5.41) is 7.45. The summed E-state index contributed by atoms with van der Waals surface area (Å²) in [5.41, 5.74) is 5.83. The highest BCUT2D eigenvalue weighted by Crippen LogP contribution is 2.46. The third-order valence-corrected chi connectivity index (χ3v) is 11.3. The lowest BCUT2D eigenvalue weighted by Crippen LogP contribution is -2.72.